The molecule has 14 heavy (non-hydrogen) atoms. The number of para-hydroxylation sites is 1. The molecule has 0 bridgehead atoms. The van der Waals surface area contributed by atoms with Gasteiger partial charge in [0.15, 0.2) is 0 Å². The second-order valence-corrected chi connectivity index (χ2v) is 3.66. The van der Waals surface area contributed by atoms with E-state index < -0.39 is 0 Å². The van der Waals surface area contributed by atoms with E-state index in [1.807, 2.05) is 0 Å². The summed E-state index contributed by atoms with van der Waals surface area (Å²) in [7, 11) is 0. The summed E-state index contributed by atoms with van der Waals surface area (Å²) in [6.45, 7) is 4.08. The zero-order chi connectivity index (χ0) is 9.38. The molecule has 3 rings (SSSR count). The normalized spacial score (nSPS) is 16.6. The molecule has 0 amide bonds. The molecule has 70 valence electrons. The molecule has 1 aliphatic rings. The highest BCUT2D eigenvalue weighted by atomic mass is 14.9. The molecule has 0 atom stereocenters. The van der Waals surface area contributed by atoms with Gasteiger partial charge in [-0.25, -0.2) is 0 Å². The average Bonchev–Trinajstić information content (AvgIpc) is 2.42. The first kappa shape index (κ1) is 8.06. The summed E-state index contributed by atoms with van der Waals surface area (Å²) in [4.78, 5) is 3.48. The quantitative estimate of drug-likeness (QED) is 0.645. The molecule has 1 aromatic carbocycles. The predicted octanol–water partition coefficient (Wildman–Crippen LogP) is 2.24. The van der Waals surface area contributed by atoms with Crippen molar-refractivity contribution in [2.24, 2.45) is 0 Å². The van der Waals surface area contributed by atoms with Gasteiger partial charge in [-0.3, -0.25) is 0 Å². The molecular weight excluding hydrogens is 172 g/mol. The lowest BCUT2D eigenvalue weighted by molar-refractivity contribution is 0.776. The minimum absolute atomic E-state index is 0.902. The third-order valence-electron chi connectivity index (χ3n) is 2.79. The van der Waals surface area contributed by atoms with Gasteiger partial charge >= 0.3 is 0 Å². The van der Waals surface area contributed by atoms with Crippen molar-refractivity contribution in [2.75, 3.05) is 0 Å². The first-order chi connectivity index (χ1) is 6.95. The first-order valence-corrected chi connectivity index (χ1v) is 4.99. The Morgan fingerprint density at radius 2 is 2.14 bits per heavy atom. The zero-order valence-electron chi connectivity index (χ0n) is 7.93. The number of nitrogens with one attached hydrogen (secondary N) is 2. The Kier molecular flexibility index (Phi) is 1.81. The Bertz CT molecular complexity index is 456. The number of H-pyrrole nitrogens is 1. The largest absolute Gasteiger partial charge is 0.358 e. The van der Waals surface area contributed by atoms with E-state index >= 15 is 0 Å². The number of hydrogen-bond acceptors (Lipinski definition) is 1. The second-order valence-electron chi connectivity index (χ2n) is 3.66. The van der Waals surface area contributed by atoms with Gasteiger partial charge in [0.25, 0.3) is 0 Å². The zero-order valence-corrected chi connectivity index (χ0v) is 7.93. The van der Waals surface area contributed by atoms with Crippen LogP contribution in [0.4, 0.5) is 0 Å². The van der Waals surface area contributed by atoms with E-state index in [-0.39, 0.29) is 0 Å². The molecular formula is C12H12N2. The topological polar surface area (TPSA) is 27.8 Å². The molecule has 0 aliphatic carbocycles. The number of aromatic amines is 1. The van der Waals surface area contributed by atoms with Crippen molar-refractivity contribution < 1.29 is 0 Å². The van der Waals surface area contributed by atoms with Crippen molar-refractivity contribution in [3.05, 3.63) is 42.1 Å². The molecule has 2 nitrogen and oxygen atoms in total. The van der Waals surface area contributed by atoms with Crippen LogP contribution in [0.3, 0.4) is 0 Å². The third kappa shape index (κ3) is 1.15. The third-order valence-corrected chi connectivity index (χ3v) is 2.79. The monoisotopic (exact) mass is 184 g/mol. The molecule has 0 saturated heterocycles. The molecule has 2 radical (unpaired) electrons. The molecule has 0 fully saturated rings. The number of fused-ring (bicyclic) bond motifs is 3. The van der Waals surface area contributed by atoms with Gasteiger partial charge in [0.2, 0.25) is 0 Å². The van der Waals surface area contributed by atoms with Crippen LogP contribution >= 0.6 is 0 Å². The Hall–Kier alpha value is -1.28. The summed E-state index contributed by atoms with van der Waals surface area (Å²) in [5, 5.41) is 4.56. The molecule has 0 saturated carbocycles. The number of rotatable bonds is 0. The van der Waals surface area contributed by atoms with Crippen molar-refractivity contribution in [3.63, 3.8) is 0 Å². The van der Waals surface area contributed by atoms with Crippen molar-refractivity contribution >= 4 is 10.9 Å². The van der Waals surface area contributed by atoms with Gasteiger partial charge in [-0.2, -0.15) is 0 Å². The maximum absolute atomic E-state index is 3.48. The molecule has 0 unspecified atom stereocenters. The van der Waals surface area contributed by atoms with E-state index in [1.54, 1.807) is 0 Å². The maximum atomic E-state index is 3.48. The van der Waals surface area contributed by atoms with Crippen LogP contribution in [0.25, 0.3) is 10.9 Å². The smallest absolute Gasteiger partial charge is 0.0593 e. The van der Waals surface area contributed by atoms with Crippen molar-refractivity contribution in [2.45, 2.75) is 19.4 Å². The lowest BCUT2D eigenvalue weighted by atomic mass is 10.1. The maximum Gasteiger partial charge on any atom is 0.0593 e. The van der Waals surface area contributed by atoms with Gasteiger partial charge in [0.1, 0.15) is 0 Å². The van der Waals surface area contributed by atoms with E-state index in [4.69, 9.17) is 0 Å². The van der Waals surface area contributed by atoms with Crippen LogP contribution in [0.15, 0.2) is 24.3 Å². The van der Waals surface area contributed by atoms with Gasteiger partial charge in [-0.15, -0.1) is 0 Å². The fraction of sp³-hybridized carbons (Fsp3) is 0.250. The van der Waals surface area contributed by atoms with Crippen LogP contribution in [0.5, 0.6) is 0 Å². The van der Waals surface area contributed by atoms with Crippen LogP contribution in [0.1, 0.15) is 17.7 Å². The lowest BCUT2D eigenvalue weighted by Crippen LogP contribution is -2.06. The molecule has 2 heteroatoms. The SMILES string of the molecule is [C]1CCc2[nH]c3ccccc3c2CN1. The Balaban J connectivity index is 2.24. The van der Waals surface area contributed by atoms with Crippen LogP contribution in [-0.4, -0.2) is 4.98 Å². The Morgan fingerprint density at radius 1 is 1.21 bits per heavy atom. The molecule has 1 aliphatic heterocycles. The highest BCUT2D eigenvalue weighted by Gasteiger charge is 2.12. The predicted molar refractivity (Wildman–Crippen MR) is 56.7 cm³/mol. The second kappa shape index (κ2) is 3.14. The lowest BCUT2D eigenvalue weighted by Gasteiger charge is -1.98. The molecule has 0 spiro atoms. The molecule has 1 aromatic heterocycles. The van der Waals surface area contributed by atoms with Gasteiger partial charge in [0, 0.05) is 23.1 Å². The van der Waals surface area contributed by atoms with Crippen LogP contribution in [0.2, 0.25) is 0 Å². The fourth-order valence-electron chi connectivity index (χ4n) is 2.10. The van der Waals surface area contributed by atoms with Gasteiger partial charge in [-0.05, 0) is 24.5 Å². The first-order valence-electron chi connectivity index (χ1n) is 4.99. The number of hydrogen-bond donors (Lipinski definition) is 2. The van der Waals surface area contributed by atoms with Crippen molar-refractivity contribution in [1.82, 2.24) is 10.3 Å². The number of aryl methyl sites for hydroxylation is 1. The van der Waals surface area contributed by atoms with Crippen LogP contribution in [0, 0.1) is 6.54 Å². The summed E-state index contributed by atoms with van der Waals surface area (Å²) in [6, 6.07) is 8.48. The van der Waals surface area contributed by atoms with E-state index in [0.29, 0.717) is 0 Å². The number of aromatic nitrogens is 1. The molecule has 2 N–H and O–H groups in total. The molecule has 2 aromatic rings. The van der Waals surface area contributed by atoms with E-state index in [1.165, 1.54) is 22.2 Å². The van der Waals surface area contributed by atoms with Crippen LogP contribution < -0.4 is 5.32 Å². The summed E-state index contributed by atoms with van der Waals surface area (Å²) < 4.78 is 0. The van der Waals surface area contributed by atoms with Gasteiger partial charge in [0.05, 0.1) is 6.54 Å². The van der Waals surface area contributed by atoms with E-state index in [9.17, 15) is 0 Å². The van der Waals surface area contributed by atoms with Gasteiger partial charge in [-0.1, -0.05) is 18.2 Å². The average molecular weight is 184 g/mol. The minimum Gasteiger partial charge on any atom is -0.358 e. The minimum atomic E-state index is 0.902. The van der Waals surface area contributed by atoms with Crippen molar-refractivity contribution in [1.29, 1.82) is 0 Å². The van der Waals surface area contributed by atoms with E-state index in [0.717, 1.165) is 19.4 Å². The highest BCUT2D eigenvalue weighted by molar-refractivity contribution is 5.84. The highest BCUT2D eigenvalue weighted by Crippen LogP contribution is 2.24. The fourth-order valence-corrected chi connectivity index (χ4v) is 2.10. The summed E-state index contributed by atoms with van der Waals surface area (Å²) in [5.41, 5.74) is 4.02. The van der Waals surface area contributed by atoms with E-state index in [2.05, 4.69) is 41.1 Å². The molecule has 2 heterocycles. The standard InChI is InChI=1S/C12H12N2/c1-2-5-11-9(4-1)10-8-13-7-3-6-12(10)14-11/h1-2,4-5,13-14H,3,6,8H2. The summed E-state index contributed by atoms with van der Waals surface area (Å²) in [5.74, 6) is 0. The van der Waals surface area contributed by atoms with Gasteiger partial charge < -0.3 is 10.3 Å². The summed E-state index contributed by atoms with van der Waals surface area (Å²) >= 11 is 0. The van der Waals surface area contributed by atoms with Crippen LogP contribution in [-0.2, 0) is 13.0 Å². The van der Waals surface area contributed by atoms with Crippen molar-refractivity contribution in [3.8, 4) is 0 Å². The summed E-state index contributed by atoms with van der Waals surface area (Å²) in [6.07, 6.45) is 2.05. The Labute approximate surface area is 83.3 Å². The number of benzene rings is 1. The Morgan fingerprint density at radius 3 is 3.14 bits per heavy atom.